The predicted molar refractivity (Wildman–Crippen MR) is 161 cm³/mol. The van der Waals surface area contributed by atoms with Gasteiger partial charge in [-0.2, -0.15) is 5.26 Å². The first-order valence-electron chi connectivity index (χ1n) is 12.4. The van der Waals surface area contributed by atoms with Crippen LogP contribution in [0.5, 0.6) is 0 Å². The van der Waals surface area contributed by atoms with Gasteiger partial charge in [0.25, 0.3) is 0 Å². The van der Waals surface area contributed by atoms with Crippen molar-refractivity contribution in [2.75, 3.05) is 10.6 Å². The van der Waals surface area contributed by atoms with Gasteiger partial charge in [0.2, 0.25) is 0 Å². The molecule has 1 aliphatic rings. The number of anilines is 3. The monoisotopic (exact) mass is 621 g/mol. The summed E-state index contributed by atoms with van der Waals surface area (Å²) in [5.74, 6) is -0.771. The van der Waals surface area contributed by atoms with Crippen molar-refractivity contribution in [3.63, 3.8) is 0 Å². The Balaban J connectivity index is 1.50. The lowest BCUT2D eigenvalue weighted by atomic mass is 9.69. The summed E-state index contributed by atoms with van der Waals surface area (Å²) >= 11 is 25.3. The molecule has 202 valence electrons. The molecule has 7 nitrogen and oxygen atoms in total. The summed E-state index contributed by atoms with van der Waals surface area (Å²) in [5.41, 5.74) is 0.828. The minimum absolute atomic E-state index is 0.0128. The van der Waals surface area contributed by atoms with E-state index in [0.717, 1.165) is 12.8 Å². The van der Waals surface area contributed by atoms with Gasteiger partial charge in [0.15, 0.2) is 5.82 Å². The van der Waals surface area contributed by atoms with Gasteiger partial charge in [-0.25, -0.2) is 9.07 Å². The van der Waals surface area contributed by atoms with E-state index in [2.05, 4.69) is 32.0 Å². The average Bonchev–Trinajstić information content (AvgIpc) is 3.69. The van der Waals surface area contributed by atoms with Crippen molar-refractivity contribution in [2.24, 2.45) is 0 Å². The second-order valence-electron chi connectivity index (χ2n) is 9.59. The predicted octanol–water partition coefficient (Wildman–Crippen LogP) is 8.01. The standard InChI is InChI=1S/C28H17BCl4FN7/c29-28(18-3-1-2-4-19(18)30,23-13-41(40-39-23)16-5-6-16)38-15-9-17-26(14(11-35)12-36-27(17)21(32)10-15)37-22-8-7-20(31)24(33)25(22)34/h1-4,7-10,12-13,16,38H,5-6H2,(H,36,37). The summed E-state index contributed by atoms with van der Waals surface area (Å²) in [7, 11) is 7.06. The van der Waals surface area contributed by atoms with Gasteiger partial charge >= 0.3 is 0 Å². The Kier molecular flexibility index (Phi) is 7.20. The van der Waals surface area contributed by atoms with Crippen molar-refractivity contribution in [1.29, 1.82) is 5.26 Å². The molecule has 1 saturated carbocycles. The highest BCUT2D eigenvalue weighted by Gasteiger charge is 2.35. The third kappa shape index (κ3) is 5.06. The molecule has 5 aromatic rings. The van der Waals surface area contributed by atoms with Crippen LogP contribution in [-0.4, -0.2) is 27.8 Å². The normalized spacial score (nSPS) is 14.4. The lowest BCUT2D eigenvalue weighted by Crippen LogP contribution is -2.38. The van der Waals surface area contributed by atoms with Crippen LogP contribution in [-0.2, 0) is 5.44 Å². The molecule has 3 aromatic carbocycles. The molecule has 0 amide bonds. The third-order valence-corrected chi connectivity index (χ3v) is 8.21. The molecular formula is C28H17BCl4FN7. The highest BCUT2D eigenvalue weighted by atomic mass is 35.5. The van der Waals surface area contributed by atoms with Crippen LogP contribution in [0.2, 0.25) is 20.1 Å². The van der Waals surface area contributed by atoms with Crippen LogP contribution < -0.4 is 10.6 Å². The zero-order valence-corrected chi connectivity index (χ0v) is 24.0. The van der Waals surface area contributed by atoms with E-state index in [9.17, 15) is 9.65 Å². The van der Waals surface area contributed by atoms with Gasteiger partial charge < -0.3 is 10.6 Å². The Morgan fingerprint density at radius 2 is 1.83 bits per heavy atom. The van der Waals surface area contributed by atoms with Gasteiger partial charge in [-0.3, -0.25) is 4.98 Å². The molecule has 1 fully saturated rings. The molecule has 2 aromatic heterocycles. The quantitative estimate of drug-likeness (QED) is 0.141. The number of fused-ring (bicyclic) bond motifs is 1. The molecule has 13 heteroatoms. The molecule has 2 N–H and O–H groups in total. The molecule has 1 atom stereocenters. The van der Waals surface area contributed by atoms with E-state index in [1.807, 2.05) is 6.07 Å². The first-order chi connectivity index (χ1) is 19.7. The van der Waals surface area contributed by atoms with Crippen LogP contribution in [0.1, 0.15) is 35.7 Å². The van der Waals surface area contributed by atoms with E-state index in [-0.39, 0.29) is 38.0 Å². The Morgan fingerprint density at radius 3 is 2.56 bits per heavy atom. The first kappa shape index (κ1) is 27.6. The van der Waals surface area contributed by atoms with Gasteiger partial charge in [0, 0.05) is 22.3 Å². The number of nitriles is 1. The zero-order chi connectivity index (χ0) is 28.9. The first-order valence-corrected chi connectivity index (χ1v) is 13.9. The van der Waals surface area contributed by atoms with Crippen LogP contribution in [0, 0.1) is 17.1 Å². The van der Waals surface area contributed by atoms with Crippen LogP contribution in [0.3, 0.4) is 0 Å². The minimum atomic E-state index is -1.42. The summed E-state index contributed by atoms with van der Waals surface area (Å²) in [6.07, 6.45) is 5.19. The number of hydrogen-bond acceptors (Lipinski definition) is 6. The van der Waals surface area contributed by atoms with Crippen molar-refractivity contribution in [3.05, 3.63) is 104 Å². The van der Waals surface area contributed by atoms with Crippen molar-refractivity contribution in [2.45, 2.75) is 24.3 Å². The number of benzene rings is 3. The number of aromatic nitrogens is 4. The molecule has 1 aliphatic carbocycles. The Morgan fingerprint density at radius 1 is 1.05 bits per heavy atom. The summed E-state index contributed by atoms with van der Waals surface area (Å²) < 4.78 is 16.8. The molecule has 6 rings (SSSR count). The topological polar surface area (TPSA) is 91.5 Å². The van der Waals surface area contributed by atoms with E-state index in [0.29, 0.717) is 32.9 Å². The van der Waals surface area contributed by atoms with E-state index in [1.54, 1.807) is 41.2 Å². The number of halogens is 5. The summed E-state index contributed by atoms with van der Waals surface area (Å²) in [4.78, 5) is 4.36. The van der Waals surface area contributed by atoms with Gasteiger partial charge in [0.1, 0.15) is 19.6 Å². The fraction of sp³-hybridized carbons (Fsp3) is 0.143. The maximum absolute atomic E-state index is 15.0. The minimum Gasteiger partial charge on any atom is -0.378 e. The maximum Gasteiger partial charge on any atom is 0.166 e. The van der Waals surface area contributed by atoms with E-state index >= 15 is 0 Å². The number of hydrogen-bond donors (Lipinski definition) is 2. The van der Waals surface area contributed by atoms with Gasteiger partial charge in [-0.1, -0.05) is 69.8 Å². The lowest BCUT2D eigenvalue weighted by Gasteiger charge is -2.32. The molecule has 41 heavy (non-hydrogen) atoms. The second kappa shape index (κ2) is 10.7. The average molecular weight is 623 g/mol. The highest BCUT2D eigenvalue weighted by Crippen LogP contribution is 2.41. The van der Waals surface area contributed by atoms with Crippen LogP contribution in [0.15, 0.2) is 60.9 Å². The summed E-state index contributed by atoms with van der Waals surface area (Å²) in [6.45, 7) is 0. The fourth-order valence-electron chi connectivity index (χ4n) is 4.56. The summed E-state index contributed by atoms with van der Waals surface area (Å²) in [5, 5.41) is 25.7. The third-order valence-electron chi connectivity index (χ3n) is 6.82. The Hall–Kier alpha value is -3.55. The molecular weight excluding hydrogens is 606 g/mol. The Bertz CT molecular complexity index is 1870. The fourth-order valence-corrected chi connectivity index (χ4v) is 5.42. The van der Waals surface area contributed by atoms with Crippen molar-refractivity contribution in [1.82, 2.24) is 20.0 Å². The van der Waals surface area contributed by atoms with E-state index < -0.39 is 11.3 Å². The molecule has 2 heterocycles. The molecule has 2 radical (unpaired) electrons. The maximum atomic E-state index is 15.0. The van der Waals surface area contributed by atoms with E-state index in [1.165, 1.54) is 18.3 Å². The largest absolute Gasteiger partial charge is 0.378 e. The summed E-state index contributed by atoms with van der Waals surface area (Å²) in [6, 6.07) is 15.7. The molecule has 1 unspecified atom stereocenters. The molecule has 0 spiro atoms. The van der Waals surface area contributed by atoms with Gasteiger partial charge in [-0.05, 0) is 48.7 Å². The van der Waals surface area contributed by atoms with Crippen molar-refractivity contribution >= 4 is 82.2 Å². The SMILES string of the molecule is [B]C(Nc1cc(Cl)c2ncc(C#N)c(Nc3ccc(Cl)c(Cl)c3F)c2c1)(c1cn(C2CC2)nn1)c1ccccc1Cl. The Labute approximate surface area is 255 Å². The second-order valence-corrected chi connectivity index (χ2v) is 11.2. The van der Waals surface area contributed by atoms with Crippen LogP contribution >= 0.6 is 46.4 Å². The smallest absolute Gasteiger partial charge is 0.166 e. The zero-order valence-electron chi connectivity index (χ0n) is 21.0. The molecule has 0 bridgehead atoms. The van der Waals surface area contributed by atoms with Crippen molar-refractivity contribution in [3.8, 4) is 6.07 Å². The molecule has 0 aliphatic heterocycles. The lowest BCUT2D eigenvalue weighted by molar-refractivity contribution is 0.610. The van der Waals surface area contributed by atoms with Crippen LogP contribution in [0.4, 0.5) is 21.5 Å². The number of pyridine rings is 1. The van der Waals surface area contributed by atoms with Crippen molar-refractivity contribution < 1.29 is 4.39 Å². The van der Waals surface area contributed by atoms with Gasteiger partial charge in [0.05, 0.1) is 55.2 Å². The highest BCUT2D eigenvalue weighted by molar-refractivity contribution is 6.42. The van der Waals surface area contributed by atoms with Gasteiger partial charge in [-0.15, -0.1) is 5.10 Å². The van der Waals surface area contributed by atoms with E-state index in [4.69, 9.17) is 54.3 Å². The van der Waals surface area contributed by atoms with Crippen LogP contribution in [0.25, 0.3) is 10.9 Å². The number of nitrogens with zero attached hydrogens (tertiary/aromatic N) is 5. The molecule has 0 saturated heterocycles. The number of nitrogens with one attached hydrogen (secondary N) is 2. The number of rotatable bonds is 7.